The molecule has 2 aromatic heterocycles. The van der Waals surface area contributed by atoms with E-state index in [1.165, 1.54) is 30.6 Å². The second-order valence-corrected chi connectivity index (χ2v) is 8.06. The van der Waals surface area contributed by atoms with Crippen molar-refractivity contribution in [2.75, 3.05) is 21.3 Å². The Bertz CT molecular complexity index is 805. The molecule has 6 nitrogen and oxygen atoms in total. The quantitative estimate of drug-likeness (QED) is 0.793. The van der Waals surface area contributed by atoms with Gasteiger partial charge in [-0.05, 0) is 31.2 Å². The monoisotopic (exact) mass is 377 g/mol. The minimum absolute atomic E-state index is 0.0691. The Morgan fingerprint density at radius 2 is 2.00 bits per heavy atom. The molecule has 0 spiro atoms. The van der Waals surface area contributed by atoms with E-state index in [0.717, 1.165) is 27.1 Å². The number of nitrogens with zero attached hydrogens (tertiary/aromatic N) is 3. The number of aryl methyl sites for hydroxylation is 1. The zero-order valence-corrected chi connectivity index (χ0v) is 17.0. The molecule has 1 aliphatic rings. The average molecular weight is 378 g/mol. The summed E-state index contributed by atoms with van der Waals surface area (Å²) in [6, 6.07) is 0.304. The molecule has 1 amide bonds. The maximum atomic E-state index is 13.2. The molecule has 2 aromatic rings. The number of thiophene rings is 1. The van der Waals surface area contributed by atoms with Gasteiger partial charge in [0.2, 0.25) is 5.88 Å². The standard InChI is InChI=1S/C19H27N3O3S/c1-11-8-6-7-9-13(11)22(3)19(23)16-12(2)15-17(25-5)20-14(10-24-4)21-18(15)26-16/h11,13H,6-10H2,1-5H3. The molecule has 2 unspecified atom stereocenters. The lowest BCUT2D eigenvalue weighted by molar-refractivity contribution is 0.0633. The van der Waals surface area contributed by atoms with E-state index in [0.29, 0.717) is 30.3 Å². The van der Waals surface area contributed by atoms with Crippen LogP contribution in [0.15, 0.2) is 0 Å². The Morgan fingerprint density at radius 1 is 1.27 bits per heavy atom. The molecule has 0 radical (unpaired) electrons. The fourth-order valence-corrected chi connectivity index (χ4v) is 5.05. The first-order valence-corrected chi connectivity index (χ1v) is 9.89. The van der Waals surface area contributed by atoms with Crippen molar-refractivity contribution in [3.05, 3.63) is 16.3 Å². The summed E-state index contributed by atoms with van der Waals surface area (Å²) in [6.07, 6.45) is 4.72. The zero-order valence-electron chi connectivity index (χ0n) is 16.2. The summed E-state index contributed by atoms with van der Waals surface area (Å²) in [7, 11) is 5.12. The van der Waals surface area contributed by atoms with Crippen LogP contribution in [-0.2, 0) is 11.3 Å². The van der Waals surface area contributed by atoms with Crippen molar-refractivity contribution in [3.8, 4) is 5.88 Å². The highest BCUT2D eigenvalue weighted by Gasteiger charge is 2.31. The highest BCUT2D eigenvalue weighted by molar-refractivity contribution is 7.20. The molecule has 0 N–H and O–H groups in total. The molecule has 0 bridgehead atoms. The molecule has 0 aromatic carbocycles. The number of methoxy groups -OCH3 is 2. The molecule has 0 saturated heterocycles. The first kappa shape index (κ1) is 19.0. The minimum Gasteiger partial charge on any atom is -0.480 e. The molecule has 142 valence electrons. The summed E-state index contributed by atoms with van der Waals surface area (Å²) >= 11 is 1.42. The van der Waals surface area contributed by atoms with Crippen LogP contribution in [0.4, 0.5) is 0 Å². The van der Waals surface area contributed by atoms with Gasteiger partial charge >= 0.3 is 0 Å². The molecular formula is C19H27N3O3S. The van der Waals surface area contributed by atoms with Crippen LogP contribution in [-0.4, -0.2) is 48.1 Å². The van der Waals surface area contributed by atoms with Crippen molar-refractivity contribution in [2.45, 2.75) is 52.2 Å². The van der Waals surface area contributed by atoms with Crippen molar-refractivity contribution in [2.24, 2.45) is 5.92 Å². The predicted molar refractivity (Wildman–Crippen MR) is 103 cm³/mol. The van der Waals surface area contributed by atoms with Gasteiger partial charge in [-0.3, -0.25) is 4.79 Å². The van der Waals surface area contributed by atoms with Gasteiger partial charge < -0.3 is 14.4 Å². The van der Waals surface area contributed by atoms with Gasteiger partial charge in [-0.1, -0.05) is 19.8 Å². The van der Waals surface area contributed by atoms with Crippen molar-refractivity contribution in [3.63, 3.8) is 0 Å². The summed E-state index contributed by atoms with van der Waals surface area (Å²) in [6.45, 7) is 4.51. The van der Waals surface area contributed by atoms with Crippen LogP contribution >= 0.6 is 11.3 Å². The number of hydrogen-bond acceptors (Lipinski definition) is 6. The Morgan fingerprint density at radius 3 is 2.65 bits per heavy atom. The van der Waals surface area contributed by atoms with Crippen LogP contribution in [0.1, 0.15) is 53.7 Å². The van der Waals surface area contributed by atoms with Crippen LogP contribution in [0.25, 0.3) is 10.2 Å². The van der Waals surface area contributed by atoms with E-state index >= 15 is 0 Å². The smallest absolute Gasteiger partial charge is 0.264 e. The first-order chi connectivity index (χ1) is 12.5. The minimum atomic E-state index is 0.0691. The van der Waals surface area contributed by atoms with Crippen LogP contribution < -0.4 is 4.74 Å². The topological polar surface area (TPSA) is 64.6 Å². The van der Waals surface area contributed by atoms with E-state index in [1.807, 2.05) is 18.9 Å². The van der Waals surface area contributed by atoms with Gasteiger partial charge in [-0.25, -0.2) is 4.98 Å². The Balaban J connectivity index is 1.99. The largest absolute Gasteiger partial charge is 0.480 e. The Kier molecular flexibility index (Phi) is 5.77. The molecule has 2 atom stereocenters. The van der Waals surface area contributed by atoms with Gasteiger partial charge in [0.1, 0.15) is 11.4 Å². The summed E-state index contributed by atoms with van der Waals surface area (Å²) in [5, 5.41) is 0.825. The number of carbonyl (C=O) groups is 1. The normalized spacial score (nSPS) is 20.3. The van der Waals surface area contributed by atoms with Crippen LogP contribution in [0, 0.1) is 12.8 Å². The Labute approximate surface area is 158 Å². The molecule has 26 heavy (non-hydrogen) atoms. The molecule has 1 saturated carbocycles. The lowest BCUT2D eigenvalue weighted by Gasteiger charge is -2.36. The van der Waals surface area contributed by atoms with Crippen LogP contribution in [0.3, 0.4) is 0 Å². The number of rotatable bonds is 5. The van der Waals surface area contributed by atoms with Crippen LogP contribution in [0.5, 0.6) is 5.88 Å². The molecule has 1 fully saturated rings. The maximum absolute atomic E-state index is 13.2. The summed E-state index contributed by atoms with van der Waals surface area (Å²) in [4.78, 5) is 25.6. The predicted octanol–water partition coefficient (Wildman–Crippen LogP) is 3.81. The van der Waals surface area contributed by atoms with Gasteiger partial charge in [-0.2, -0.15) is 4.98 Å². The van der Waals surface area contributed by atoms with Crippen molar-refractivity contribution in [1.82, 2.24) is 14.9 Å². The number of carbonyl (C=O) groups excluding carboxylic acids is 1. The molecule has 3 rings (SSSR count). The number of hydrogen-bond donors (Lipinski definition) is 0. The summed E-state index contributed by atoms with van der Waals surface area (Å²) < 4.78 is 10.6. The van der Waals surface area contributed by atoms with Crippen molar-refractivity contribution < 1.29 is 14.3 Å². The van der Waals surface area contributed by atoms with E-state index in [-0.39, 0.29) is 5.91 Å². The second-order valence-electron chi connectivity index (χ2n) is 7.06. The van der Waals surface area contributed by atoms with Gasteiger partial charge in [0.15, 0.2) is 5.82 Å². The number of amides is 1. The van der Waals surface area contributed by atoms with E-state index < -0.39 is 0 Å². The summed E-state index contributed by atoms with van der Waals surface area (Å²) in [5.41, 5.74) is 0.895. The van der Waals surface area contributed by atoms with Gasteiger partial charge in [0.25, 0.3) is 5.91 Å². The van der Waals surface area contributed by atoms with Gasteiger partial charge in [0.05, 0.1) is 17.4 Å². The van der Waals surface area contributed by atoms with Crippen LogP contribution in [0.2, 0.25) is 0 Å². The van der Waals surface area contributed by atoms with E-state index in [1.54, 1.807) is 14.2 Å². The molecule has 2 heterocycles. The Hall–Kier alpha value is -1.73. The fraction of sp³-hybridized carbons (Fsp3) is 0.632. The van der Waals surface area contributed by atoms with E-state index in [2.05, 4.69) is 16.9 Å². The SMILES string of the molecule is COCc1nc(OC)c2c(C)c(C(=O)N(C)C3CCCCC3C)sc2n1. The molecule has 7 heteroatoms. The molecular weight excluding hydrogens is 350 g/mol. The van der Waals surface area contributed by atoms with Crippen molar-refractivity contribution in [1.29, 1.82) is 0 Å². The highest BCUT2D eigenvalue weighted by Crippen LogP contribution is 2.37. The number of fused-ring (bicyclic) bond motifs is 1. The lowest BCUT2D eigenvalue weighted by Crippen LogP contribution is -2.42. The van der Waals surface area contributed by atoms with Gasteiger partial charge in [0, 0.05) is 20.2 Å². The second kappa shape index (κ2) is 7.88. The molecule has 1 aliphatic carbocycles. The summed E-state index contributed by atoms with van der Waals surface area (Å²) in [5.74, 6) is 1.67. The third-order valence-electron chi connectivity index (χ3n) is 5.35. The fourth-order valence-electron chi connectivity index (χ4n) is 3.87. The van der Waals surface area contributed by atoms with E-state index in [4.69, 9.17) is 9.47 Å². The highest BCUT2D eigenvalue weighted by atomic mass is 32.1. The lowest BCUT2D eigenvalue weighted by atomic mass is 9.85. The zero-order chi connectivity index (χ0) is 18.8. The third kappa shape index (κ3) is 3.42. The number of ether oxygens (including phenoxy) is 2. The van der Waals surface area contributed by atoms with Crippen molar-refractivity contribution >= 4 is 27.5 Å². The molecule has 0 aliphatic heterocycles. The first-order valence-electron chi connectivity index (χ1n) is 9.08. The maximum Gasteiger partial charge on any atom is 0.264 e. The average Bonchev–Trinajstić information content (AvgIpc) is 2.97. The third-order valence-corrected chi connectivity index (χ3v) is 6.52. The number of aromatic nitrogens is 2. The van der Waals surface area contributed by atoms with Gasteiger partial charge in [-0.15, -0.1) is 11.3 Å². The van der Waals surface area contributed by atoms with E-state index in [9.17, 15) is 4.79 Å².